The minimum Gasteiger partial charge on any atom is -0.383 e. The van der Waals surface area contributed by atoms with Gasteiger partial charge >= 0.3 is 0 Å². The maximum absolute atomic E-state index is 11.7. The fourth-order valence-electron chi connectivity index (χ4n) is 1.82. The molecule has 0 saturated carbocycles. The van der Waals surface area contributed by atoms with Crippen molar-refractivity contribution in [2.45, 2.75) is 13.0 Å². The topological polar surface area (TPSA) is 66.0 Å². The summed E-state index contributed by atoms with van der Waals surface area (Å²) in [6.07, 6.45) is 0. The number of nitrogens with one attached hydrogen (secondary N) is 2. The Bertz CT molecular complexity index is 535. The first-order valence-corrected chi connectivity index (χ1v) is 7.82. The summed E-state index contributed by atoms with van der Waals surface area (Å²) in [6, 6.07) is 7.58. The Kier molecular flexibility index (Phi) is 8.43. The van der Waals surface area contributed by atoms with Crippen LogP contribution in [0.5, 0.6) is 0 Å². The van der Waals surface area contributed by atoms with E-state index in [1.54, 1.807) is 21.2 Å². The third-order valence-electron chi connectivity index (χ3n) is 3.19. The van der Waals surface area contributed by atoms with Gasteiger partial charge in [-0.25, -0.2) is 4.99 Å². The Hall–Kier alpha value is -1.79. The van der Waals surface area contributed by atoms with E-state index in [9.17, 15) is 4.79 Å². The lowest BCUT2D eigenvalue weighted by molar-refractivity contribution is -0.127. The van der Waals surface area contributed by atoms with Crippen LogP contribution >= 0.6 is 11.6 Å². The summed E-state index contributed by atoms with van der Waals surface area (Å²) in [5, 5.41) is 7.08. The standard InChI is InChI=1S/C16H25ClN4O2/c1-12(13-7-5-6-8-14(13)17)20-16(18-9-10-23-4)19-11-15(22)21(2)3/h5-8,12H,9-11H2,1-4H3,(H2,18,19,20). The quantitative estimate of drug-likeness (QED) is 0.450. The van der Waals surface area contributed by atoms with Gasteiger partial charge in [-0.3, -0.25) is 4.79 Å². The molecule has 1 unspecified atom stereocenters. The predicted octanol–water partition coefficient (Wildman–Crippen LogP) is 1.67. The van der Waals surface area contributed by atoms with E-state index < -0.39 is 0 Å². The van der Waals surface area contributed by atoms with E-state index in [-0.39, 0.29) is 18.5 Å². The molecule has 0 fully saturated rings. The van der Waals surface area contributed by atoms with Gasteiger partial charge in [-0.05, 0) is 18.6 Å². The molecule has 0 aliphatic rings. The van der Waals surface area contributed by atoms with Crippen LogP contribution in [0.4, 0.5) is 0 Å². The van der Waals surface area contributed by atoms with Gasteiger partial charge in [-0.2, -0.15) is 0 Å². The Morgan fingerprint density at radius 1 is 1.39 bits per heavy atom. The van der Waals surface area contributed by atoms with Crippen LogP contribution in [-0.2, 0) is 9.53 Å². The maximum atomic E-state index is 11.7. The summed E-state index contributed by atoms with van der Waals surface area (Å²) < 4.78 is 5.02. The predicted molar refractivity (Wildman–Crippen MR) is 93.9 cm³/mol. The molecule has 0 bridgehead atoms. The van der Waals surface area contributed by atoms with Gasteiger partial charge in [0.15, 0.2) is 5.96 Å². The van der Waals surface area contributed by atoms with Crippen LogP contribution in [0.25, 0.3) is 0 Å². The number of nitrogens with zero attached hydrogens (tertiary/aromatic N) is 2. The zero-order valence-electron chi connectivity index (χ0n) is 14.1. The number of carbonyl (C=O) groups excluding carboxylic acids is 1. The molecular weight excluding hydrogens is 316 g/mol. The van der Waals surface area contributed by atoms with Gasteiger partial charge in [0, 0.05) is 32.8 Å². The molecule has 128 valence electrons. The summed E-state index contributed by atoms with van der Waals surface area (Å²) in [4.78, 5) is 17.5. The van der Waals surface area contributed by atoms with Gasteiger partial charge in [0.05, 0.1) is 12.6 Å². The van der Waals surface area contributed by atoms with Gasteiger partial charge < -0.3 is 20.3 Å². The highest BCUT2D eigenvalue weighted by molar-refractivity contribution is 6.31. The highest BCUT2D eigenvalue weighted by Crippen LogP contribution is 2.21. The van der Waals surface area contributed by atoms with Crippen LogP contribution in [0.3, 0.4) is 0 Å². The third kappa shape index (κ3) is 6.88. The van der Waals surface area contributed by atoms with Gasteiger partial charge in [0.25, 0.3) is 0 Å². The van der Waals surface area contributed by atoms with Gasteiger partial charge in [0.2, 0.25) is 5.91 Å². The van der Waals surface area contributed by atoms with E-state index in [0.717, 1.165) is 5.56 Å². The lowest BCUT2D eigenvalue weighted by Gasteiger charge is -2.19. The SMILES string of the molecule is COCCNC(=NCC(=O)N(C)C)NC(C)c1ccccc1Cl. The van der Waals surface area contributed by atoms with E-state index in [4.69, 9.17) is 16.3 Å². The number of methoxy groups -OCH3 is 1. The van der Waals surface area contributed by atoms with Crippen LogP contribution in [0.1, 0.15) is 18.5 Å². The fraction of sp³-hybridized carbons (Fsp3) is 0.500. The van der Waals surface area contributed by atoms with E-state index in [1.165, 1.54) is 4.90 Å². The molecule has 1 aromatic rings. The van der Waals surface area contributed by atoms with Crippen molar-refractivity contribution in [3.05, 3.63) is 34.9 Å². The van der Waals surface area contributed by atoms with E-state index in [1.807, 2.05) is 31.2 Å². The summed E-state index contributed by atoms with van der Waals surface area (Å²) in [7, 11) is 5.04. The van der Waals surface area contributed by atoms with Crippen molar-refractivity contribution < 1.29 is 9.53 Å². The van der Waals surface area contributed by atoms with Crippen molar-refractivity contribution in [2.75, 3.05) is 40.9 Å². The molecular formula is C16H25ClN4O2. The number of hydrogen-bond acceptors (Lipinski definition) is 3. The minimum atomic E-state index is -0.0664. The van der Waals surface area contributed by atoms with Crippen molar-refractivity contribution in [1.82, 2.24) is 15.5 Å². The average Bonchev–Trinajstić information content (AvgIpc) is 2.52. The van der Waals surface area contributed by atoms with Crippen LogP contribution in [0, 0.1) is 0 Å². The summed E-state index contributed by atoms with van der Waals surface area (Å²) in [5.41, 5.74) is 0.967. The number of halogens is 1. The molecule has 0 heterocycles. The smallest absolute Gasteiger partial charge is 0.243 e. The monoisotopic (exact) mass is 340 g/mol. The largest absolute Gasteiger partial charge is 0.383 e. The number of hydrogen-bond donors (Lipinski definition) is 2. The Morgan fingerprint density at radius 3 is 2.70 bits per heavy atom. The molecule has 0 radical (unpaired) electrons. The average molecular weight is 341 g/mol. The molecule has 2 N–H and O–H groups in total. The Balaban J connectivity index is 2.76. The minimum absolute atomic E-state index is 0.0491. The van der Waals surface area contributed by atoms with Crippen LogP contribution < -0.4 is 10.6 Å². The molecule has 23 heavy (non-hydrogen) atoms. The number of rotatable bonds is 7. The zero-order chi connectivity index (χ0) is 17.2. The number of guanidine groups is 1. The van der Waals surface area contributed by atoms with Crippen LogP contribution in [0.15, 0.2) is 29.3 Å². The zero-order valence-corrected chi connectivity index (χ0v) is 14.9. The van der Waals surface area contributed by atoms with E-state index in [2.05, 4.69) is 15.6 Å². The van der Waals surface area contributed by atoms with Crippen molar-refractivity contribution in [2.24, 2.45) is 4.99 Å². The van der Waals surface area contributed by atoms with Crippen molar-refractivity contribution >= 4 is 23.5 Å². The number of carbonyl (C=O) groups is 1. The first kappa shape index (κ1) is 19.3. The van der Waals surface area contributed by atoms with Crippen LogP contribution in [0.2, 0.25) is 5.02 Å². The Labute approximate surface area is 142 Å². The van der Waals surface area contributed by atoms with Crippen molar-refractivity contribution in [3.8, 4) is 0 Å². The molecule has 0 aliphatic carbocycles. The molecule has 7 heteroatoms. The molecule has 0 spiro atoms. The second kappa shape index (κ2) is 10.1. The van der Waals surface area contributed by atoms with Crippen LogP contribution in [-0.4, -0.2) is 57.7 Å². The number of likely N-dealkylation sites (N-methyl/N-ethyl adjacent to an activating group) is 1. The lowest BCUT2D eigenvalue weighted by atomic mass is 10.1. The molecule has 1 amide bonds. The highest BCUT2D eigenvalue weighted by atomic mass is 35.5. The fourth-order valence-corrected chi connectivity index (χ4v) is 2.12. The van der Waals surface area contributed by atoms with Crippen molar-refractivity contribution in [1.29, 1.82) is 0 Å². The number of ether oxygens (including phenoxy) is 1. The maximum Gasteiger partial charge on any atom is 0.243 e. The highest BCUT2D eigenvalue weighted by Gasteiger charge is 2.11. The summed E-state index contributed by atoms with van der Waals surface area (Å²) in [6.45, 7) is 3.20. The number of amides is 1. The normalized spacial score (nSPS) is 12.7. The third-order valence-corrected chi connectivity index (χ3v) is 3.54. The van der Waals surface area contributed by atoms with Crippen molar-refractivity contribution in [3.63, 3.8) is 0 Å². The lowest BCUT2D eigenvalue weighted by Crippen LogP contribution is -2.41. The molecule has 1 aromatic carbocycles. The first-order valence-electron chi connectivity index (χ1n) is 7.44. The molecule has 1 rings (SSSR count). The molecule has 0 aromatic heterocycles. The summed E-state index contributed by atoms with van der Waals surface area (Å²) >= 11 is 6.22. The molecule has 0 saturated heterocycles. The molecule has 6 nitrogen and oxygen atoms in total. The summed E-state index contributed by atoms with van der Waals surface area (Å²) in [5.74, 6) is 0.480. The van der Waals surface area contributed by atoms with Gasteiger partial charge in [-0.1, -0.05) is 29.8 Å². The molecule has 0 aliphatic heterocycles. The second-order valence-corrected chi connectivity index (χ2v) is 5.67. The van der Waals surface area contributed by atoms with Gasteiger partial charge in [-0.15, -0.1) is 0 Å². The number of benzene rings is 1. The molecule has 1 atom stereocenters. The van der Waals surface area contributed by atoms with E-state index >= 15 is 0 Å². The number of aliphatic imine (C=N–C) groups is 1. The first-order chi connectivity index (χ1) is 11.0. The van der Waals surface area contributed by atoms with E-state index in [0.29, 0.717) is 24.1 Å². The second-order valence-electron chi connectivity index (χ2n) is 5.26. The van der Waals surface area contributed by atoms with Gasteiger partial charge in [0.1, 0.15) is 6.54 Å². The Morgan fingerprint density at radius 2 is 2.09 bits per heavy atom.